The predicted molar refractivity (Wildman–Crippen MR) is 79.9 cm³/mol. The molecule has 2 heterocycles. The molecule has 0 saturated heterocycles. The molecule has 2 aromatic rings. The van der Waals surface area contributed by atoms with Gasteiger partial charge in [0.2, 0.25) is 0 Å². The molecular formula is C14H20N4S. The van der Waals surface area contributed by atoms with Crippen molar-refractivity contribution in [3.63, 3.8) is 0 Å². The summed E-state index contributed by atoms with van der Waals surface area (Å²) in [4.78, 5) is 13.7. The number of nitrogens with zero attached hydrogens (tertiary/aromatic N) is 3. The fourth-order valence-corrected chi connectivity index (χ4v) is 2.42. The number of rotatable bonds is 3. The summed E-state index contributed by atoms with van der Waals surface area (Å²) in [6.45, 7) is 8.44. The fourth-order valence-electron chi connectivity index (χ4n) is 1.80. The van der Waals surface area contributed by atoms with Gasteiger partial charge in [0.15, 0.2) is 0 Å². The minimum Gasteiger partial charge on any atom is -0.373 e. The van der Waals surface area contributed by atoms with Crippen molar-refractivity contribution in [2.45, 2.75) is 39.5 Å². The molecule has 19 heavy (non-hydrogen) atoms. The van der Waals surface area contributed by atoms with Crippen molar-refractivity contribution in [2.75, 3.05) is 12.4 Å². The Hall–Kier alpha value is -1.49. The van der Waals surface area contributed by atoms with Crippen LogP contribution >= 0.6 is 11.3 Å². The van der Waals surface area contributed by atoms with Gasteiger partial charge in [0, 0.05) is 36.0 Å². The Morgan fingerprint density at radius 1 is 1.26 bits per heavy atom. The van der Waals surface area contributed by atoms with E-state index in [0.29, 0.717) is 0 Å². The molecule has 4 nitrogen and oxygen atoms in total. The Kier molecular flexibility index (Phi) is 3.85. The van der Waals surface area contributed by atoms with Gasteiger partial charge in [-0.25, -0.2) is 15.0 Å². The van der Waals surface area contributed by atoms with Crippen LogP contribution in [0.5, 0.6) is 0 Å². The smallest absolute Gasteiger partial charge is 0.136 e. The molecule has 5 heteroatoms. The number of hydrogen-bond donors (Lipinski definition) is 1. The second-order valence-electron chi connectivity index (χ2n) is 5.57. The molecule has 0 fully saturated rings. The van der Waals surface area contributed by atoms with Crippen LogP contribution < -0.4 is 5.32 Å². The molecule has 0 amide bonds. The minimum atomic E-state index is -0.0586. The van der Waals surface area contributed by atoms with Crippen molar-refractivity contribution in [3.05, 3.63) is 33.7 Å². The molecule has 2 rings (SSSR count). The molecule has 0 aliphatic carbocycles. The van der Waals surface area contributed by atoms with Crippen molar-refractivity contribution in [1.82, 2.24) is 15.0 Å². The van der Waals surface area contributed by atoms with E-state index in [1.807, 2.05) is 18.6 Å². The Bertz CT molecular complexity index is 556. The van der Waals surface area contributed by atoms with E-state index < -0.39 is 0 Å². The lowest BCUT2D eigenvalue weighted by atomic mass is 9.95. The third-order valence-electron chi connectivity index (χ3n) is 2.96. The molecule has 0 atom stereocenters. The quantitative estimate of drug-likeness (QED) is 0.935. The molecule has 0 bridgehead atoms. The first-order chi connectivity index (χ1) is 8.91. The summed E-state index contributed by atoms with van der Waals surface area (Å²) in [5, 5.41) is 6.24. The molecule has 2 aromatic heterocycles. The lowest BCUT2D eigenvalue weighted by Crippen LogP contribution is -2.19. The van der Waals surface area contributed by atoms with Crippen molar-refractivity contribution in [2.24, 2.45) is 0 Å². The Labute approximate surface area is 118 Å². The van der Waals surface area contributed by atoms with E-state index in [-0.39, 0.29) is 5.41 Å². The molecule has 0 saturated carbocycles. The van der Waals surface area contributed by atoms with Crippen molar-refractivity contribution in [1.29, 1.82) is 0 Å². The monoisotopic (exact) mass is 276 g/mol. The molecule has 0 radical (unpaired) electrons. The topological polar surface area (TPSA) is 50.7 Å². The number of thiazole rings is 1. The first kappa shape index (κ1) is 13.9. The maximum atomic E-state index is 4.74. The lowest BCUT2D eigenvalue weighted by molar-refractivity contribution is 0.542. The van der Waals surface area contributed by atoms with Gasteiger partial charge in [-0.1, -0.05) is 20.8 Å². The Balaban J connectivity index is 2.46. The van der Waals surface area contributed by atoms with Gasteiger partial charge < -0.3 is 5.32 Å². The van der Waals surface area contributed by atoms with E-state index in [4.69, 9.17) is 4.98 Å². The first-order valence-electron chi connectivity index (χ1n) is 6.36. The van der Waals surface area contributed by atoms with Gasteiger partial charge in [-0.05, 0) is 6.92 Å². The lowest BCUT2D eigenvalue weighted by Gasteiger charge is -2.20. The van der Waals surface area contributed by atoms with E-state index in [0.717, 1.165) is 34.3 Å². The molecule has 0 aliphatic heterocycles. The summed E-state index contributed by atoms with van der Waals surface area (Å²) < 4.78 is 0. The van der Waals surface area contributed by atoms with Crippen molar-refractivity contribution < 1.29 is 0 Å². The first-order valence-corrected chi connectivity index (χ1v) is 7.24. The van der Waals surface area contributed by atoms with E-state index in [2.05, 4.69) is 43.0 Å². The minimum absolute atomic E-state index is 0.0586. The average molecular weight is 276 g/mol. The summed E-state index contributed by atoms with van der Waals surface area (Å²) in [7, 11) is 1.90. The standard InChI is InChI=1S/C14H20N4S/c1-9-10(8-11-16-6-7-19-11)17-13(14(2,3)4)18-12(9)15-5/h6-7H,8H2,1-5H3,(H,15,17,18). The number of aromatic nitrogens is 3. The third-order valence-corrected chi connectivity index (χ3v) is 3.74. The number of hydrogen-bond acceptors (Lipinski definition) is 5. The van der Waals surface area contributed by atoms with Crippen LogP contribution in [0.1, 0.15) is 42.9 Å². The average Bonchev–Trinajstić information content (AvgIpc) is 2.83. The van der Waals surface area contributed by atoms with E-state index in [1.165, 1.54) is 0 Å². The maximum absolute atomic E-state index is 4.74. The molecule has 1 N–H and O–H groups in total. The van der Waals surface area contributed by atoms with Crippen LogP contribution in [-0.2, 0) is 11.8 Å². The maximum Gasteiger partial charge on any atom is 0.136 e. The summed E-state index contributed by atoms with van der Waals surface area (Å²) in [6, 6.07) is 0. The zero-order valence-electron chi connectivity index (χ0n) is 12.1. The highest BCUT2D eigenvalue weighted by atomic mass is 32.1. The van der Waals surface area contributed by atoms with Gasteiger partial charge in [0.05, 0.1) is 10.7 Å². The Morgan fingerprint density at radius 3 is 2.53 bits per heavy atom. The third kappa shape index (κ3) is 3.10. The molecule has 0 spiro atoms. The highest BCUT2D eigenvalue weighted by molar-refractivity contribution is 7.09. The van der Waals surface area contributed by atoms with Crippen molar-refractivity contribution >= 4 is 17.2 Å². The second kappa shape index (κ2) is 5.25. The highest BCUT2D eigenvalue weighted by Gasteiger charge is 2.21. The molecule has 0 aliphatic rings. The SMILES string of the molecule is CNc1nc(C(C)(C)C)nc(Cc2nccs2)c1C. The summed E-state index contributed by atoms with van der Waals surface area (Å²) in [6.07, 6.45) is 2.60. The molecule has 102 valence electrons. The van der Waals surface area contributed by atoms with Gasteiger partial charge in [-0.3, -0.25) is 0 Å². The summed E-state index contributed by atoms with van der Waals surface area (Å²) >= 11 is 1.66. The van der Waals surface area contributed by atoms with Crippen LogP contribution in [0, 0.1) is 6.92 Å². The number of anilines is 1. The highest BCUT2D eigenvalue weighted by Crippen LogP contribution is 2.25. The van der Waals surface area contributed by atoms with Crippen LogP contribution in [0.3, 0.4) is 0 Å². The van der Waals surface area contributed by atoms with Gasteiger partial charge >= 0.3 is 0 Å². The van der Waals surface area contributed by atoms with Crippen molar-refractivity contribution in [3.8, 4) is 0 Å². The second-order valence-corrected chi connectivity index (χ2v) is 6.55. The Morgan fingerprint density at radius 2 is 2.00 bits per heavy atom. The van der Waals surface area contributed by atoms with Crippen LogP contribution in [0.4, 0.5) is 5.82 Å². The van der Waals surface area contributed by atoms with Crippen LogP contribution in [0.2, 0.25) is 0 Å². The van der Waals surface area contributed by atoms with Gasteiger partial charge in [0.25, 0.3) is 0 Å². The molecule has 0 unspecified atom stereocenters. The van der Waals surface area contributed by atoms with Gasteiger partial charge in [-0.2, -0.15) is 0 Å². The normalized spacial score (nSPS) is 11.6. The van der Waals surface area contributed by atoms with Crippen LogP contribution in [0.15, 0.2) is 11.6 Å². The largest absolute Gasteiger partial charge is 0.373 e. The van der Waals surface area contributed by atoms with Crippen LogP contribution in [0.25, 0.3) is 0 Å². The molecule has 0 aromatic carbocycles. The number of nitrogens with one attached hydrogen (secondary N) is 1. The predicted octanol–water partition coefficient (Wildman–Crippen LogP) is 3.17. The van der Waals surface area contributed by atoms with Crippen LogP contribution in [-0.4, -0.2) is 22.0 Å². The van der Waals surface area contributed by atoms with E-state index >= 15 is 0 Å². The fraction of sp³-hybridized carbons (Fsp3) is 0.500. The summed E-state index contributed by atoms with van der Waals surface area (Å²) in [5.74, 6) is 1.78. The zero-order valence-corrected chi connectivity index (χ0v) is 12.9. The molecular weight excluding hydrogens is 256 g/mol. The van der Waals surface area contributed by atoms with E-state index in [1.54, 1.807) is 11.3 Å². The van der Waals surface area contributed by atoms with Gasteiger partial charge in [0.1, 0.15) is 11.6 Å². The zero-order chi connectivity index (χ0) is 14.0. The van der Waals surface area contributed by atoms with E-state index in [9.17, 15) is 0 Å². The van der Waals surface area contributed by atoms with Gasteiger partial charge in [-0.15, -0.1) is 11.3 Å². The summed E-state index contributed by atoms with van der Waals surface area (Å²) in [5.41, 5.74) is 2.10.